The monoisotopic (exact) mass is 438 g/mol. The number of hydrazone groups is 1. The standard InChI is InChI=1S/C22H16BrClN2O/c23-15-11-9-14(10-12-15)19-13-20-17-6-2-4-8-21(17)27-22(26(20)25-19)16-5-1-3-7-18(16)24/h1-12,20,22H,13H2/t20-,22+/m0/s1. The summed E-state index contributed by atoms with van der Waals surface area (Å²) in [7, 11) is 0. The molecule has 3 aromatic carbocycles. The van der Waals surface area contributed by atoms with Crippen molar-refractivity contribution < 1.29 is 4.74 Å². The lowest BCUT2D eigenvalue weighted by Crippen LogP contribution is -2.33. The van der Waals surface area contributed by atoms with E-state index in [-0.39, 0.29) is 12.3 Å². The van der Waals surface area contributed by atoms with Crippen LogP contribution in [0.1, 0.15) is 35.4 Å². The molecule has 5 heteroatoms. The average Bonchev–Trinajstić information content (AvgIpc) is 3.14. The zero-order valence-corrected chi connectivity index (χ0v) is 16.7. The Kier molecular flexibility index (Phi) is 4.18. The number of fused-ring (bicyclic) bond motifs is 3. The molecule has 0 bridgehead atoms. The molecule has 0 spiro atoms. The van der Waals surface area contributed by atoms with Gasteiger partial charge in [0.25, 0.3) is 0 Å². The number of ether oxygens (including phenoxy) is 1. The first-order chi connectivity index (χ1) is 13.2. The highest BCUT2D eigenvalue weighted by atomic mass is 79.9. The van der Waals surface area contributed by atoms with E-state index in [1.807, 2.05) is 54.6 Å². The Morgan fingerprint density at radius 1 is 0.926 bits per heavy atom. The molecule has 3 aromatic rings. The van der Waals surface area contributed by atoms with E-state index in [1.165, 1.54) is 0 Å². The molecule has 2 heterocycles. The van der Waals surface area contributed by atoms with Crippen LogP contribution in [0.15, 0.2) is 82.4 Å². The van der Waals surface area contributed by atoms with E-state index in [9.17, 15) is 0 Å². The molecule has 0 N–H and O–H groups in total. The van der Waals surface area contributed by atoms with Gasteiger partial charge in [-0.25, -0.2) is 5.01 Å². The second-order valence-electron chi connectivity index (χ2n) is 6.68. The van der Waals surface area contributed by atoms with Gasteiger partial charge in [0.2, 0.25) is 6.23 Å². The van der Waals surface area contributed by atoms with E-state index in [0.29, 0.717) is 5.02 Å². The van der Waals surface area contributed by atoms with E-state index >= 15 is 0 Å². The van der Waals surface area contributed by atoms with Gasteiger partial charge in [0.05, 0.1) is 11.8 Å². The molecule has 0 amide bonds. The van der Waals surface area contributed by atoms with Gasteiger partial charge in [-0.1, -0.05) is 76.1 Å². The fourth-order valence-electron chi connectivity index (χ4n) is 3.73. The van der Waals surface area contributed by atoms with Crippen molar-refractivity contribution in [2.24, 2.45) is 5.10 Å². The summed E-state index contributed by atoms with van der Waals surface area (Å²) in [6.45, 7) is 0. The summed E-state index contributed by atoms with van der Waals surface area (Å²) in [5.74, 6) is 0.899. The molecule has 3 nitrogen and oxygen atoms in total. The number of hydrogen-bond donors (Lipinski definition) is 0. The molecule has 0 unspecified atom stereocenters. The number of halogens is 2. The highest BCUT2D eigenvalue weighted by Crippen LogP contribution is 2.48. The van der Waals surface area contributed by atoms with Crippen molar-refractivity contribution in [3.63, 3.8) is 0 Å². The maximum absolute atomic E-state index is 6.49. The fraction of sp³-hybridized carbons (Fsp3) is 0.136. The van der Waals surface area contributed by atoms with Crippen LogP contribution in [-0.2, 0) is 0 Å². The van der Waals surface area contributed by atoms with Crippen molar-refractivity contribution in [1.82, 2.24) is 5.01 Å². The summed E-state index contributed by atoms with van der Waals surface area (Å²) >= 11 is 9.99. The molecule has 0 radical (unpaired) electrons. The second kappa shape index (κ2) is 6.70. The third-order valence-corrected chi connectivity index (χ3v) is 5.92. The van der Waals surface area contributed by atoms with Gasteiger partial charge in [-0.3, -0.25) is 0 Å². The van der Waals surface area contributed by atoms with Crippen molar-refractivity contribution >= 4 is 33.2 Å². The Morgan fingerprint density at radius 2 is 1.63 bits per heavy atom. The molecule has 5 rings (SSSR count). The van der Waals surface area contributed by atoms with Crippen LogP contribution in [0.4, 0.5) is 0 Å². The smallest absolute Gasteiger partial charge is 0.215 e. The molecule has 134 valence electrons. The van der Waals surface area contributed by atoms with Crippen LogP contribution in [0.3, 0.4) is 0 Å². The molecule has 0 saturated carbocycles. The molecule has 0 aromatic heterocycles. The minimum absolute atomic E-state index is 0.134. The van der Waals surface area contributed by atoms with Crippen LogP contribution in [0.25, 0.3) is 0 Å². The molecule has 27 heavy (non-hydrogen) atoms. The Labute approximate surface area is 171 Å². The topological polar surface area (TPSA) is 24.8 Å². The third kappa shape index (κ3) is 2.93. The SMILES string of the molecule is Clc1ccccc1[C@H]1Oc2ccccc2[C@@H]2CC(c3ccc(Br)cc3)=NN12. The van der Waals surface area contributed by atoms with Crippen molar-refractivity contribution in [2.75, 3.05) is 0 Å². The summed E-state index contributed by atoms with van der Waals surface area (Å²) in [5, 5.41) is 7.70. The van der Waals surface area contributed by atoms with Gasteiger partial charge in [-0.15, -0.1) is 0 Å². The highest BCUT2D eigenvalue weighted by molar-refractivity contribution is 9.10. The lowest BCUT2D eigenvalue weighted by molar-refractivity contribution is -0.0189. The maximum Gasteiger partial charge on any atom is 0.215 e. The number of nitrogens with zero attached hydrogens (tertiary/aromatic N) is 2. The molecule has 2 aliphatic heterocycles. The zero-order valence-electron chi connectivity index (χ0n) is 14.3. The van der Waals surface area contributed by atoms with Gasteiger partial charge >= 0.3 is 0 Å². The summed E-state index contributed by atoms with van der Waals surface area (Å²) < 4.78 is 7.40. The molecular weight excluding hydrogens is 424 g/mol. The van der Waals surface area contributed by atoms with Crippen molar-refractivity contribution in [3.8, 4) is 5.75 Å². The first-order valence-corrected chi connectivity index (χ1v) is 9.99. The van der Waals surface area contributed by atoms with E-state index in [2.05, 4.69) is 39.1 Å². The summed E-state index contributed by atoms with van der Waals surface area (Å²) in [6, 6.07) is 24.4. The predicted molar refractivity (Wildman–Crippen MR) is 111 cm³/mol. The largest absolute Gasteiger partial charge is 0.464 e. The molecule has 2 aliphatic rings. The first-order valence-electron chi connectivity index (χ1n) is 8.82. The van der Waals surface area contributed by atoms with Gasteiger partial charge < -0.3 is 4.74 Å². The van der Waals surface area contributed by atoms with E-state index < -0.39 is 0 Å². The van der Waals surface area contributed by atoms with Crippen molar-refractivity contribution in [2.45, 2.75) is 18.7 Å². The average molecular weight is 440 g/mol. The lowest BCUT2D eigenvalue weighted by Gasteiger charge is -2.38. The molecule has 0 aliphatic carbocycles. The van der Waals surface area contributed by atoms with E-state index in [1.54, 1.807) is 0 Å². The van der Waals surface area contributed by atoms with Gasteiger partial charge in [0, 0.05) is 27.0 Å². The molecular formula is C22H16BrClN2O. The Hall–Kier alpha value is -2.30. The zero-order chi connectivity index (χ0) is 18.4. The normalized spacial score (nSPS) is 20.5. The van der Waals surface area contributed by atoms with Gasteiger partial charge in [-0.05, 0) is 29.8 Å². The number of para-hydroxylation sites is 1. The summed E-state index contributed by atoms with van der Waals surface area (Å²) in [6.07, 6.45) is 0.495. The minimum Gasteiger partial charge on any atom is -0.464 e. The molecule has 0 saturated heterocycles. The van der Waals surface area contributed by atoms with Crippen molar-refractivity contribution in [3.05, 3.63) is 99.0 Å². The van der Waals surface area contributed by atoms with Crippen LogP contribution >= 0.6 is 27.5 Å². The minimum atomic E-state index is -0.341. The fourth-order valence-corrected chi connectivity index (χ4v) is 4.22. The lowest BCUT2D eigenvalue weighted by atomic mass is 9.96. The molecule has 0 fully saturated rings. The quantitative estimate of drug-likeness (QED) is 0.465. The Balaban J connectivity index is 1.61. The number of rotatable bonds is 2. The van der Waals surface area contributed by atoms with Gasteiger partial charge in [0.1, 0.15) is 5.75 Å². The van der Waals surface area contributed by atoms with Gasteiger partial charge in [-0.2, -0.15) is 5.10 Å². The van der Waals surface area contributed by atoms with Crippen LogP contribution in [-0.4, -0.2) is 10.7 Å². The van der Waals surface area contributed by atoms with Crippen LogP contribution < -0.4 is 4.74 Å². The number of hydrogen-bond acceptors (Lipinski definition) is 3. The van der Waals surface area contributed by atoms with Crippen LogP contribution in [0.2, 0.25) is 5.02 Å². The van der Waals surface area contributed by atoms with Crippen LogP contribution in [0, 0.1) is 0 Å². The maximum atomic E-state index is 6.49. The van der Waals surface area contributed by atoms with Crippen molar-refractivity contribution in [1.29, 1.82) is 0 Å². The Morgan fingerprint density at radius 3 is 2.41 bits per heavy atom. The number of benzene rings is 3. The van der Waals surface area contributed by atoms with E-state index in [4.69, 9.17) is 21.4 Å². The van der Waals surface area contributed by atoms with Crippen LogP contribution in [0.5, 0.6) is 5.75 Å². The highest BCUT2D eigenvalue weighted by Gasteiger charge is 2.41. The first kappa shape index (κ1) is 16.8. The van der Waals surface area contributed by atoms with Gasteiger partial charge in [0.15, 0.2) is 0 Å². The third-order valence-electron chi connectivity index (χ3n) is 5.05. The summed E-state index contributed by atoms with van der Waals surface area (Å²) in [4.78, 5) is 0. The van der Waals surface area contributed by atoms with E-state index in [0.717, 1.165) is 39.0 Å². The second-order valence-corrected chi connectivity index (χ2v) is 8.01. The predicted octanol–water partition coefficient (Wildman–Crippen LogP) is 6.34. The Bertz CT molecular complexity index is 1030. The molecule has 2 atom stereocenters. The summed E-state index contributed by atoms with van der Waals surface area (Å²) in [5.41, 5.74) is 4.28.